The van der Waals surface area contributed by atoms with Crippen molar-refractivity contribution in [2.75, 3.05) is 0 Å². The summed E-state index contributed by atoms with van der Waals surface area (Å²) >= 11 is 0. The molecule has 1 aliphatic heterocycles. The molecule has 1 atom stereocenters. The lowest BCUT2D eigenvalue weighted by Gasteiger charge is -2.18. The third-order valence-electron chi connectivity index (χ3n) is 5.08. The predicted molar refractivity (Wildman–Crippen MR) is 103 cm³/mol. The van der Waals surface area contributed by atoms with E-state index in [1.54, 1.807) is 0 Å². The van der Waals surface area contributed by atoms with Gasteiger partial charge in [0.1, 0.15) is 5.82 Å². The Bertz CT molecular complexity index is 1040. The van der Waals surface area contributed by atoms with E-state index in [9.17, 15) is 0 Å². The molecule has 4 heteroatoms. The van der Waals surface area contributed by atoms with E-state index in [0.717, 1.165) is 23.7 Å². The maximum atomic E-state index is 4.84. The minimum Gasteiger partial charge on any atom is -0.303 e. The molecular formula is C22H20N4. The zero-order chi connectivity index (χ0) is 17.5. The summed E-state index contributed by atoms with van der Waals surface area (Å²) in [5, 5.41) is 8.56. The van der Waals surface area contributed by atoms with Gasteiger partial charge in [-0.3, -0.25) is 0 Å². The molecule has 0 saturated heterocycles. The first-order chi connectivity index (χ1) is 12.8. The van der Waals surface area contributed by atoms with Crippen LogP contribution in [0.4, 0.5) is 0 Å². The number of para-hydroxylation sites is 1. The van der Waals surface area contributed by atoms with E-state index in [1.165, 1.54) is 16.8 Å². The van der Waals surface area contributed by atoms with Gasteiger partial charge in [-0.05, 0) is 36.8 Å². The molecule has 26 heavy (non-hydrogen) atoms. The van der Waals surface area contributed by atoms with E-state index >= 15 is 0 Å². The maximum absolute atomic E-state index is 4.84. The number of nitrogens with one attached hydrogen (secondary N) is 1. The van der Waals surface area contributed by atoms with Gasteiger partial charge in [0.25, 0.3) is 0 Å². The fourth-order valence-electron chi connectivity index (χ4n) is 3.82. The van der Waals surface area contributed by atoms with E-state index in [2.05, 4.69) is 94.4 Å². The number of rotatable bonds is 2. The smallest absolute Gasteiger partial charge is 0.145 e. The van der Waals surface area contributed by atoms with Gasteiger partial charge >= 0.3 is 0 Å². The van der Waals surface area contributed by atoms with E-state index in [-0.39, 0.29) is 6.04 Å². The molecule has 2 aromatic heterocycles. The van der Waals surface area contributed by atoms with Crippen molar-refractivity contribution in [3.63, 3.8) is 0 Å². The Morgan fingerprint density at radius 2 is 1.65 bits per heavy atom. The summed E-state index contributed by atoms with van der Waals surface area (Å²) in [6.07, 6.45) is 2.14. The highest BCUT2D eigenvalue weighted by molar-refractivity contribution is 5.49. The average Bonchev–Trinajstić information content (AvgIpc) is 3.24. The lowest BCUT2D eigenvalue weighted by molar-refractivity contribution is 0.597. The van der Waals surface area contributed by atoms with E-state index in [1.807, 2.05) is 6.07 Å². The van der Waals surface area contributed by atoms with Crippen LogP contribution in [0.5, 0.6) is 0 Å². The molecule has 0 aliphatic carbocycles. The number of nitrogens with zero attached hydrogens (tertiary/aromatic N) is 3. The average molecular weight is 340 g/mol. The topological polar surface area (TPSA) is 34.8 Å². The fourth-order valence-corrected chi connectivity index (χ4v) is 3.82. The number of aryl methyl sites for hydroxylation is 1. The summed E-state index contributed by atoms with van der Waals surface area (Å²) in [4.78, 5) is 0. The molecule has 128 valence electrons. The van der Waals surface area contributed by atoms with E-state index in [4.69, 9.17) is 5.10 Å². The van der Waals surface area contributed by atoms with Gasteiger partial charge in [0.15, 0.2) is 0 Å². The number of benzene rings is 2. The molecule has 1 aliphatic rings. The summed E-state index contributed by atoms with van der Waals surface area (Å²) < 4.78 is 4.34. The van der Waals surface area contributed by atoms with Gasteiger partial charge in [-0.2, -0.15) is 5.10 Å². The lowest BCUT2D eigenvalue weighted by atomic mass is 10.0. The molecule has 5 rings (SSSR count). The lowest BCUT2D eigenvalue weighted by Crippen LogP contribution is -2.21. The summed E-state index contributed by atoms with van der Waals surface area (Å²) in [6, 6.07) is 25.4. The van der Waals surface area contributed by atoms with E-state index < -0.39 is 0 Å². The zero-order valence-electron chi connectivity index (χ0n) is 14.6. The minimum absolute atomic E-state index is 0.155. The molecule has 0 radical (unpaired) electrons. The highest BCUT2D eigenvalue weighted by Gasteiger charge is 2.27. The summed E-state index contributed by atoms with van der Waals surface area (Å²) in [5.74, 6) is 1.12. The normalized spacial score (nSPS) is 16.0. The van der Waals surface area contributed by atoms with Crippen LogP contribution in [0.2, 0.25) is 0 Å². The maximum Gasteiger partial charge on any atom is 0.145 e. The highest BCUT2D eigenvalue weighted by atomic mass is 15.4. The molecule has 4 aromatic rings. The fraction of sp³-hybridized carbons (Fsp3) is 0.136. The molecule has 4 nitrogen and oxygen atoms in total. The van der Waals surface area contributed by atoms with Crippen LogP contribution in [0.3, 0.4) is 0 Å². The van der Waals surface area contributed by atoms with Gasteiger partial charge in [-0.15, -0.1) is 0 Å². The van der Waals surface area contributed by atoms with Crippen molar-refractivity contribution in [3.05, 3.63) is 102 Å². The van der Waals surface area contributed by atoms with Gasteiger partial charge in [0.2, 0.25) is 0 Å². The van der Waals surface area contributed by atoms with Crippen molar-refractivity contribution < 1.29 is 0 Å². The highest BCUT2D eigenvalue weighted by Crippen LogP contribution is 2.32. The molecule has 1 N–H and O–H groups in total. The summed E-state index contributed by atoms with van der Waals surface area (Å²) in [7, 11) is 0. The second-order valence-corrected chi connectivity index (χ2v) is 6.66. The molecule has 0 bridgehead atoms. The SMILES string of the molecule is Cc1nn(-c2ccccc2)c2c1CN[C@@H](c1ccccc1)c1cccn1-2. The van der Waals surface area contributed by atoms with Gasteiger partial charge in [0, 0.05) is 24.0 Å². The zero-order valence-corrected chi connectivity index (χ0v) is 14.6. The van der Waals surface area contributed by atoms with Crippen molar-refractivity contribution in [1.29, 1.82) is 0 Å². The first-order valence-electron chi connectivity index (χ1n) is 8.93. The Labute approximate surface area is 152 Å². The molecule has 3 heterocycles. The number of hydrogen-bond donors (Lipinski definition) is 1. The molecule has 0 fully saturated rings. The van der Waals surface area contributed by atoms with Gasteiger partial charge in [-0.25, -0.2) is 4.68 Å². The summed E-state index contributed by atoms with van der Waals surface area (Å²) in [5.41, 5.74) is 5.88. The van der Waals surface area contributed by atoms with Gasteiger partial charge in [0.05, 0.1) is 17.4 Å². The van der Waals surface area contributed by atoms with Crippen LogP contribution < -0.4 is 5.32 Å². The Morgan fingerprint density at radius 3 is 2.42 bits per heavy atom. The molecule has 2 aromatic carbocycles. The quantitative estimate of drug-likeness (QED) is 0.594. The van der Waals surface area contributed by atoms with Crippen LogP contribution in [-0.2, 0) is 6.54 Å². The first-order valence-corrected chi connectivity index (χ1v) is 8.93. The number of fused-ring (bicyclic) bond motifs is 3. The van der Waals surface area contributed by atoms with Gasteiger partial charge in [-0.1, -0.05) is 48.5 Å². The Balaban J connectivity index is 1.72. The minimum atomic E-state index is 0.155. The predicted octanol–water partition coefficient (Wildman–Crippen LogP) is 4.16. The molecule has 0 unspecified atom stereocenters. The Morgan fingerprint density at radius 1 is 0.923 bits per heavy atom. The molecule has 0 saturated carbocycles. The standard InChI is InChI=1S/C22H20N4/c1-16-19-15-23-21(17-9-4-2-5-10-17)20-13-8-14-25(20)22(19)26(24-16)18-11-6-3-7-12-18/h2-14,21,23H,15H2,1H3/t21-/m0/s1. The number of aromatic nitrogens is 3. The van der Waals surface area contributed by atoms with Crippen molar-refractivity contribution >= 4 is 0 Å². The van der Waals surface area contributed by atoms with Gasteiger partial charge < -0.3 is 9.88 Å². The largest absolute Gasteiger partial charge is 0.303 e. The van der Waals surface area contributed by atoms with Crippen molar-refractivity contribution in [3.8, 4) is 11.5 Å². The van der Waals surface area contributed by atoms with E-state index in [0.29, 0.717) is 0 Å². The second kappa shape index (κ2) is 6.00. The van der Waals surface area contributed by atoms with Crippen LogP contribution in [0.1, 0.15) is 28.6 Å². The van der Waals surface area contributed by atoms with Crippen LogP contribution in [-0.4, -0.2) is 14.3 Å². The number of hydrogen-bond acceptors (Lipinski definition) is 2. The van der Waals surface area contributed by atoms with Crippen LogP contribution in [0.15, 0.2) is 79.0 Å². The van der Waals surface area contributed by atoms with Crippen molar-refractivity contribution in [1.82, 2.24) is 19.7 Å². The van der Waals surface area contributed by atoms with Crippen LogP contribution in [0, 0.1) is 6.92 Å². The van der Waals surface area contributed by atoms with Crippen molar-refractivity contribution in [2.24, 2.45) is 0 Å². The second-order valence-electron chi connectivity index (χ2n) is 6.66. The third kappa shape index (κ3) is 2.30. The molecular weight excluding hydrogens is 320 g/mol. The first kappa shape index (κ1) is 15.2. The Kier molecular flexibility index (Phi) is 3.50. The van der Waals surface area contributed by atoms with Crippen LogP contribution >= 0.6 is 0 Å². The van der Waals surface area contributed by atoms with Crippen molar-refractivity contribution in [2.45, 2.75) is 19.5 Å². The molecule has 0 amide bonds. The third-order valence-corrected chi connectivity index (χ3v) is 5.08. The monoisotopic (exact) mass is 340 g/mol. The Hall–Kier alpha value is -3.11. The van der Waals surface area contributed by atoms with Crippen LogP contribution in [0.25, 0.3) is 11.5 Å². The molecule has 0 spiro atoms. The summed E-state index contributed by atoms with van der Waals surface area (Å²) in [6.45, 7) is 2.88.